The van der Waals surface area contributed by atoms with Gasteiger partial charge < -0.3 is 9.73 Å². The van der Waals surface area contributed by atoms with Gasteiger partial charge in [-0.15, -0.1) is 0 Å². The molecule has 1 aliphatic carbocycles. The van der Waals surface area contributed by atoms with Crippen LogP contribution in [0.1, 0.15) is 50.6 Å². The SMILES string of the molecule is Cc1c(C(=O)Nc2cc(Cl)cc(Cl)c2)oc2c1/C(=N/NC(=O)c1ccc(-c3ccccc3)cc1)CCC2. The second-order valence-corrected chi connectivity index (χ2v) is 9.64. The molecule has 0 unspecified atom stereocenters. The summed E-state index contributed by atoms with van der Waals surface area (Å²) in [6, 6.07) is 22.1. The summed E-state index contributed by atoms with van der Waals surface area (Å²) in [5.41, 5.74) is 7.86. The summed E-state index contributed by atoms with van der Waals surface area (Å²) in [7, 11) is 0. The number of furan rings is 1. The van der Waals surface area contributed by atoms with E-state index in [4.69, 9.17) is 27.6 Å². The van der Waals surface area contributed by atoms with E-state index in [-0.39, 0.29) is 11.7 Å². The summed E-state index contributed by atoms with van der Waals surface area (Å²) in [6.07, 6.45) is 2.14. The Morgan fingerprint density at radius 2 is 1.54 bits per heavy atom. The highest BCUT2D eigenvalue weighted by Gasteiger charge is 2.28. The molecule has 8 heteroatoms. The molecule has 0 bridgehead atoms. The molecule has 1 heterocycles. The zero-order valence-electron chi connectivity index (χ0n) is 20.0. The summed E-state index contributed by atoms with van der Waals surface area (Å²) < 4.78 is 5.94. The second kappa shape index (κ2) is 10.6. The number of halogens is 2. The number of carbonyl (C=O) groups is 2. The summed E-state index contributed by atoms with van der Waals surface area (Å²) in [4.78, 5) is 25.7. The van der Waals surface area contributed by atoms with Gasteiger partial charge in [0.1, 0.15) is 5.76 Å². The van der Waals surface area contributed by atoms with Crippen molar-refractivity contribution < 1.29 is 14.0 Å². The van der Waals surface area contributed by atoms with Crippen molar-refractivity contribution in [2.45, 2.75) is 26.2 Å². The minimum atomic E-state index is -0.410. The molecule has 1 aromatic heterocycles. The number of hydrogen-bond donors (Lipinski definition) is 2. The van der Waals surface area contributed by atoms with E-state index in [0.29, 0.717) is 51.2 Å². The van der Waals surface area contributed by atoms with Crippen LogP contribution in [0.15, 0.2) is 82.3 Å². The van der Waals surface area contributed by atoms with Crippen molar-refractivity contribution in [3.8, 4) is 11.1 Å². The van der Waals surface area contributed by atoms with Crippen molar-refractivity contribution in [1.82, 2.24) is 5.43 Å². The average Bonchev–Trinajstić information content (AvgIpc) is 3.24. The van der Waals surface area contributed by atoms with Gasteiger partial charge in [-0.25, -0.2) is 5.43 Å². The van der Waals surface area contributed by atoms with E-state index in [2.05, 4.69) is 15.8 Å². The van der Waals surface area contributed by atoms with E-state index in [1.807, 2.05) is 49.4 Å². The molecule has 0 radical (unpaired) electrons. The number of nitrogens with one attached hydrogen (secondary N) is 2. The van der Waals surface area contributed by atoms with Crippen molar-refractivity contribution in [3.05, 3.63) is 111 Å². The lowest BCUT2D eigenvalue weighted by molar-refractivity contribution is 0.0953. The van der Waals surface area contributed by atoms with Crippen molar-refractivity contribution >= 4 is 46.4 Å². The molecule has 5 rings (SSSR count). The highest BCUT2D eigenvalue weighted by molar-refractivity contribution is 6.35. The zero-order valence-corrected chi connectivity index (χ0v) is 21.5. The number of fused-ring (bicyclic) bond motifs is 1. The predicted octanol–water partition coefficient (Wildman–Crippen LogP) is 7.28. The standard InChI is InChI=1S/C29H23Cl2N3O3/c1-17-26-24(33-34-28(35)20-12-10-19(11-13-20)18-6-3-2-4-7-18)8-5-9-25(26)37-27(17)29(36)32-23-15-21(30)14-22(31)16-23/h2-4,6-7,10-16H,5,8-9H2,1H3,(H,32,36)(H,34,35)/b33-24+. The molecule has 2 N–H and O–H groups in total. The lowest BCUT2D eigenvalue weighted by Gasteiger charge is -2.13. The molecule has 0 spiro atoms. The molecule has 0 saturated carbocycles. The first-order valence-electron chi connectivity index (χ1n) is 11.8. The number of aryl methyl sites for hydroxylation is 1. The number of carbonyl (C=O) groups excluding carboxylic acids is 2. The van der Waals surface area contributed by atoms with Crippen molar-refractivity contribution in [2.24, 2.45) is 5.10 Å². The molecule has 4 aromatic rings. The lowest BCUT2D eigenvalue weighted by Crippen LogP contribution is -2.22. The highest BCUT2D eigenvalue weighted by Crippen LogP contribution is 2.31. The van der Waals surface area contributed by atoms with Gasteiger partial charge in [0.05, 0.1) is 5.71 Å². The Bertz CT molecular complexity index is 1490. The van der Waals surface area contributed by atoms with E-state index in [1.165, 1.54) is 0 Å². The second-order valence-electron chi connectivity index (χ2n) is 8.76. The summed E-state index contributed by atoms with van der Waals surface area (Å²) >= 11 is 12.1. The quantitative estimate of drug-likeness (QED) is 0.265. The number of hydrazone groups is 1. The smallest absolute Gasteiger partial charge is 0.291 e. The molecule has 186 valence electrons. The van der Waals surface area contributed by atoms with Crippen LogP contribution in [0.2, 0.25) is 10.0 Å². The average molecular weight is 532 g/mol. The molecule has 2 amide bonds. The maximum Gasteiger partial charge on any atom is 0.291 e. The van der Waals surface area contributed by atoms with Crippen LogP contribution >= 0.6 is 23.2 Å². The Kier molecular flexibility index (Phi) is 7.12. The van der Waals surface area contributed by atoms with Crippen LogP contribution in [0.5, 0.6) is 0 Å². The maximum atomic E-state index is 13.0. The van der Waals surface area contributed by atoms with Crippen LogP contribution < -0.4 is 10.7 Å². The lowest BCUT2D eigenvalue weighted by atomic mass is 9.93. The normalized spacial score (nSPS) is 13.8. The third kappa shape index (κ3) is 5.45. The van der Waals surface area contributed by atoms with Crippen LogP contribution in [-0.2, 0) is 6.42 Å². The van der Waals surface area contributed by atoms with Crippen LogP contribution in [-0.4, -0.2) is 17.5 Å². The molecule has 0 saturated heterocycles. The predicted molar refractivity (Wildman–Crippen MR) is 147 cm³/mol. The topological polar surface area (TPSA) is 83.7 Å². The molecule has 3 aromatic carbocycles. The van der Waals surface area contributed by atoms with Crippen molar-refractivity contribution in [2.75, 3.05) is 5.32 Å². The number of nitrogens with zero attached hydrogens (tertiary/aromatic N) is 1. The minimum absolute atomic E-state index is 0.193. The van der Waals surface area contributed by atoms with Gasteiger partial charge in [0.25, 0.3) is 11.8 Å². The van der Waals surface area contributed by atoms with Gasteiger partial charge in [-0.2, -0.15) is 5.10 Å². The van der Waals surface area contributed by atoms with Crippen LogP contribution in [0.25, 0.3) is 11.1 Å². The van der Waals surface area contributed by atoms with Gasteiger partial charge in [0.15, 0.2) is 5.76 Å². The van der Waals surface area contributed by atoms with E-state index >= 15 is 0 Å². The third-order valence-electron chi connectivity index (χ3n) is 6.20. The molecular formula is C29H23Cl2N3O3. The fourth-order valence-electron chi connectivity index (χ4n) is 4.44. The molecule has 1 aliphatic rings. The van der Waals surface area contributed by atoms with Crippen molar-refractivity contribution in [3.63, 3.8) is 0 Å². The molecule has 6 nitrogen and oxygen atoms in total. The van der Waals surface area contributed by atoms with Crippen LogP contribution in [0.4, 0.5) is 5.69 Å². The van der Waals surface area contributed by atoms with Gasteiger partial charge in [-0.05, 0) is 61.2 Å². The first kappa shape index (κ1) is 24.8. The van der Waals surface area contributed by atoms with E-state index in [9.17, 15) is 9.59 Å². The largest absolute Gasteiger partial charge is 0.455 e. The number of anilines is 1. The Hall–Kier alpha value is -3.87. The molecule has 0 atom stereocenters. The fourth-order valence-corrected chi connectivity index (χ4v) is 4.96. The maximum absolute atomic E-state index is 13.0. The van der Waals surface area contributed by atoms with Crippen molar-refractivity contribution in [1.29, 1.82) is 0 Å². The molecule has 0 fully saturated rings. The number of rotatable bonds is 5. The van der Waals surface area contributed by atoms with E-state index < -0.39 is 5.91 Å². The van der Waals surface area contributed by atoms with Gasteiger partial charge in [-0.3, -0.25) is 9.59 Å². The number of amides is 2. The highest BCUT2D eigenvalue weighted by atomic mass is 35.5. The van der Waals surface area contributed by atoms with Crippen LogP contribution in [0, 0.1) is 6.92 Å². The Labute approximate surface area is 224 Å². The van der Waals surface area contributed by atoms with E-state index in [0.717, 1.165) is 23.1 Å². The van der Waals surface area contributed by atoms with Gasteiger partial charge in [-0.1, -0.05) is 65.7 Å². The molecule has 37 heavy (non-hydrogen) atoms. The van der Waals surface area contributed by atoms with Gasteiger partial charge in [0, 0.05) is 38.8 Å². The summed E-state index contributed by atoms with van der Waals surface area (Å²) in [5.74, 6) is 0.153. The number of hydrogen-bond acceptors (Lipinski definition) is 4. The third-order valence-corrected chi connectivity index (χ3v) is 6.64. The summed E-state index contributed by atoms with van der Waals surface area (Å²) in [6.45, 7) is 1.81. The Morgan fingerprint density at radius 1 is 0.865 bits per heavy atom. The zero-order chi connectivity index (χ0) is 25.9. The monoisotopic (exact) mass is 531 g/mol. The first-order chi connectivity index (χ1) is 17.9. The van der Waals surface area contributed by atoms with Crippen LogP contribution in [0.3, 0.4) is 0 Å². The van der Waals surface area contributed by atoms with E-state index in [1.54, 1.807) is 30.3 Å². The minimum Gasteiger partial charge on any atom is -0.455 e. The van der Waals surface area contributed by atoms with Gasteiger partial charge >= 0.3 is 0 Å². The van der Waals surface area contributed by atoms with Gasteiger partial charge in [0.2, 0.25) is 0 Å². The number of benzene rings is 3. The Balaban J connectivity index is 1.33. The molecular weight excluding hydrogens is 509 g/mol. The first-order valence-corrected chi connectivity index (χ1v) is 12.6. The molecule has 0 aliphatic heterocycles. The summed E-state index contributed by atoms with van der Waals surface area (Å²) in [5, 5.41) is 8.02. The fraction of sp³-hybridized carbons (Fsp3) is 0.138. The Morgan fingerprint density at radius 3 is 2.24 bits per heavy atom.